The summed E-state index contributed by atoms with van der Waals surface area (Å²) in [6.07, 6.45) is 11.9. The van der Waals surface area contributed by atoms with Gasteiger partial charge in [-0.15, -0.1) is 0 Å². The molecule has 1 atom stereocenters. The Bertz CT molecular complexity index is 258. The van der Waals surface area contributed by atoms with Crippen LogP contribution in [0.1, 0.15) is 32.6 Å². The van der Waals surface area contributed by atoms with E-state index in [1.165, 1.54) is 19.3 Å². The van der Waals surface area contributed by atoms with E-state index in [4.69, 9.17) is 5.11 Å². The highest BCUT2D eigenvalue weighted by Gasteiger charge is 2.20. The van der Waals surface area contributed by atoms with Crippen LogP contribution >= 0.6 is 0 Å². The summed E-state index contributed by atoms with van der Waals surface area (Å²) in [5, 5.41) is 8.98. The van der Waals surface area contributed by atoms with E-state index in [2.05, 4.69) is 6.92 Å². The van der Waals surface area contributed by atoms with Crippen LogP contribution in [-0.4, -0.2) is 28.6 Å². The van der Waals surface area contributed by atoms with Crippen LogP contribution in [0.3, 0.4) is 0 Å². The summed E-state index contributed by atoms with van der Waals surface area (Å²) in [6, 6.07) is -0.475. The predicted molar refractivity (Wildman–Crippen MR) is 60.6 cm³/mol. The average molecular weight is 209 g/mol. The second-order valence-corrected chi connectivity index (χ2v) is 3.81. The first-order valence-electron chi connectivity index (χ1n) is 5.59. The third-order valence-corrected chi connectivity index (χ3v) is 2.56. The van der Waals surface area contributed by atoms with Gasteiger partial charge in [0.2, 0.25) is 0 Å². The highest BCUT2D eigenvalue weighted by atomic mass is 16.4. The van der Waals surface area contributed by atoms with Crippen molar-refractivity contribution >= 4 is 5.97 Å². The van der Waals surface area contributed by atoms with Crippen molar-refractivity contribution < 1.29 is 9.90 Å². The van der Waals surface area contributed by atoms with Crippen LogP contribution in [0, 0.1) is 0 Å². The van der Waals surface area contributed by atoms with Gasteiger partial charge < -0.3 is 10.0 Å². The molecule has 0 spiro atoms. The van der Waals surface area contributed by atoms with Crippen LogP contribution in [0.25, 0.3) is 0 Å². The number of carboxylic acids is 1. The first-order chi connectivity index (χ1) is 7.25. The zero-order valence-electron chi connectivity index (χ0n) is 9.22. The van der Waals surface area contributed by atoms with Gasteiger partial charge in [-0.3, -0.25) is 0 Å². The molecule has 0 fully saturated rings. The lowest BCUT2D eigenvalue weighted by Gasteiger charge is -2.27. The van der Waals surface area contributed by atoms with Crippen molar-refractivity contribution in [2.45, 2.75) is 38.6 Å². The van der Waals surface area contributed by atoms with Gasteiger partial charge in [0.15, 0.2) is 0 Å². The van der Waals surface area contributed by atoms with E-state index in [1.54, 1.807) is 12.2 Å². The fraction of sp³-hybridized carbons (Fsp3) is 0.583. The van der Waals surface area contributed by atoms with Crippen molar-refractivity contribution in [3.8, 4) is 0 Å². The monoisotopic (exact) mass is 209 g/mol. The largest absolute Gasteiger partial charge is 0.479 e. The van der Waals surface area contributed by atoms with E-state index in [9.17, 15) is 4.79 Å². The number of hydrogen-bond donors (Lipinski definition) is 1. The van der Waals surface area contributed by atoms with Crippen LogP contribution in [0.2, 0.25) is 0 Å². The molecule has 0 aliphatic carbocycles. The van der Waals surface area contributed by atoms with E-state index >= 15 is 0 Å². The first-order valence-corrected chi connectivity index (χ1v) is 5.59. The van der Waals surface area contributed by atoms with Gasteiger partial charge >= 0.3 is 5.97 Å². The van der Waals surface area contributed by atoms with E-state index in [0.29, 0.717) is 0 Å². The second kappa shape index (κ2) is 6.27. The fourth-order valence-electron chi connectivity index (χ4n) is 1.69. The van der Waals surface area contributed by atoms with Gasteiger partial charge in [0.05, 0.1) is 0 Å². The molecule has 1 heterocycles. The summed E-state index contributed by atoms with van der Waals surface area (Å²) < 4.78 is 0. The third kappa shape index (κ3) is 3.78. The molecule has 0 saturated heterocycles. The van der Waals surface area contributed by atoms with Gasteiger partial charge in [0.1, 0.15) is 6.04 Å². The number of nitrogens with zero attached hydrogens (tertiary/aromatic N) is 1. The Labute approximate surface area is 91.1 Å². The number of rotatable bonds is 6. The first kappa shape index (κ1) is 11.8. The Morgan fingerprint density at radius 3 is 2.80 bits per heavy atom. The predicted octanol–water partition coefficient (Wildman–Crippen LogP) is 2.41. The Morgan fingerprint density at radius 2 is 2.13 bits per heavy atom. The molecule has 0 aromatic heterocycles. The van der Waals surface area contributed by atoms with E-state index in [-0.39, 0.29) is 0 Å². The van der Waals surface area contributed by atoms with Gasteiger partial charge in [0.25, 0.3) is 0 Å². The van der Waals surface area contributed by atoms with Crippen LogP contribution in [-0.2, 0) is 4.79 Å². The number of carbonyl (C=O) groups is 1. The molecule has 0 aromatic rings. The molecule has 84 valence electrons. The Balaban J connectivity index is 2.35. The molecule has 1 unspecified atom stereocenters. The zero-order valence-corrected chi connectivity index (χ0v) is 9.22. The van der Waals surface area contributed by atoms with Crippen LogP contribution in [0.4, 0.5) is 0 Å². The molecule has 0 aromatic carbocycles. The molecule has 0 saturated carbocycles. The molecule has 3 heteroatoms. The maximum Gasteiger partial charge on any atom is 0.330 e. The molecular weight excluding hydrogens is 190 g/mol. The summed E-state index contributed by atoms with van der Waals surface area (Å²) in [4.78, 5) is 12.8. The van der Waals surface area contributed by atoms with Gasteiger partial charge in [-0.05, 0) is 12.5 Å². The van der Waals surface area contributed by atoms with Crippen molar-refractivity contribution in [1.82, 2.24) is 4.90 Å². The van der Waals surface area contributed by atoms with Crippen molar-refractivity contribution in [3.63, 3.8) is 0 Å². The summed E-state index contributed by atoms with van der Waals surface area (Å²) in [7, 11) is 0. The van der Waals surface area contributed by atoms with Crippen LogP contribution in [0.5, 0.6) is 0 Å². The molecule has 0 amide bonds. The number of hydrogen-bond acceptors (Lipinski definition) is 2. The Morgan fingerprint density at radius 1 is 1.33 bits per heavy atom. The maximum atomic E-state index is 10.9. The topological polar surface area (TPSA) is 40.5 Å². The standard InChI is InChI=1S/C12H19NO2/c1-2-3-4-6-9-13-10-7-5-8-11(13)12(14)15/h5,7-8,10-11H,2-4,6,9H2,1H3,(H,14,15). The number of allylic oxidation sites excluding steroid dienone is 2. The van der Waals surface area contributed by atoms with Crippen molar-refractivity contribution in [2.24, 2.45) is 0 Å². The highest BCUT2D eigenvalue weighted by molar-refractivity contribution is 5.76. The van der Waals surface area contributed by atoms with Crippen molar-refractivity contribution in [2.75, 3.05) is 6.54 Å². The zero-order chi connectivity index (χ0) is 11.1. The van der Waals surface area contributed by atoms with E-state index in [1.807, 2.05) is 17.2 Å². The SMILES string of the molecule is CCCCCCN1C=CC=CC1C(=O)O. The number of aliphatic carboxylic acids is 1. The highest BCUT2D eigenvalue weighted by Crippen LogP contribution is 2.11. The van der Waals surface area contributed by atoms with E-state index in [0.717, 1.165) is 13.0 Å². The lowest BCUT2D eigenvalue weighted by molar-refractivity contribution is -0.140. The lowest BCUT2D eigenvalue weighted by atomic mass is 10.1. The van der Waals surface area contributed by atoms with Crippen LogP contribution < -0.4 is 0 Å². The van der Waals surface area contributed by atoms with Gasteiger partial charge in [0, 0.05) is 12.7 Å². The van der Waals surface area contributed by atoms with E-state index < -0.39 is 12.0 Å². The maximum absolute atomic E-state index is 10.9. The summed E-state index contributed by atoms with van der Waals surface area (Å²) in [5.41, 5.74) is 0. The minimum Gasteiger partial charge on any atom is -0.479 e. The Hall–Kier alpha value is -1.25. The molecule has 1 N–H and O–H groups in total. The summed E-state index contributed by atoms with van der Waals surface area (Å²) in [5.74, 6) is -0.772. The second-order valence-electron chi connectivity index (χ2n) is 3.81. The number of carboxylic acid groups (broad SMARTS) is 1. The van der Waals surface area contributed by atoms with Crippen LogP contribution in [0.15, 0.2) is 24.4 Å². The molecule has 3 nitrogen and oxygen atoms in total. The lowest BCUT2D eigenvalue weighted by Crippen LogP contribution is -2.37. The molecule has 0 bridgehead atoms. The van der Waals surface area contributed by atoms with Gasteiger partial charge in [-0.2, -0.15) is 0 Å². The fourth-order valence-corrected chi connectivity index (χ4v) is 1.69. The molecule has 1 rings (SSSR count). The summed E-state index contributed by atoms with van der Waals surface area (Å²) >= 11 is 0. The third-order valence-electron chi connectivity index (χ3n) is 2.56. The van der Waals surface area contributed by atoms with Crippen molar-refractivity contribution in [1.29, 1.82) is 0 Å². The average Bonchev–Trinajstić information content (AvgIpc) is 2.25. The quantitative estimate of drug-likeness (QED) is 0.683. The Kier molecular flexibility index (Phi) is 4.95. The molecule has 1 aliphatic heterocycles. The normalized spacial score (nSPS) is 19.5. The number of unbranched alkanes of at least 4 members (excludes halogenated alkanes) is 3. The minimum atomic E-state index is -0.772. The smallest absolute Gasteiger partial charge is 0.330 e. The van der Waals surface area contributed by atoms with Gasteiger partial charge in [-0.1, -0.05) is 38.3 Å². The van der Waals surface area contributed by atoms with Crippen molar-refractivity contribution in [3.05, 3.63) is 24.4 Å². The molecular formula is C12H19NO2. The molecule has 15 heavy (non-hydrogen) atoms. The molecule has 0 radical (unpaired) electrons. The summed E-state index contributed by atoms with van der Waals surface area (Å²) in [6.45, 7) is 3.00. The minimum absolute atomic E-state index is 0.475. The van der Waals surface area contributed by atoms with Gasteiger partial charge in [-0.25, -0.2) is 4.79 Å². The molecule has 1 aliphatic rings.